The lowest BCUT2D eigenvalue weighted by Gasteiger charge is -2.26. The van der Waals surface area contributed by atoms with E-state index in [2.05, 4.69) is 182 Å². The number of nitrogens with zero attached hydrogens (tertiary/aromatic N) is 5. The van der Waals surface area contributed by atoms with Crippen molar-refractivity contribution < 1.29 is 0 Å². The molecule has 4 aromatic heterocycles. The zero-order valence-corrected chi connectivity index (χ0v) is 28.8. The van der Waals surface area contributed by atoms with Gasteiger partial charge in [0.2, 0.25) is 0 Å². The summed E-state index contributed by atoms with van der Waals surface area (Å²) in [5.74, 6) is 0. The van der Waals surface area contributed by atoms with Crippen molar-refractivity contribution in [1.29, 1.82) is 0 Å². The molecule has 0 aliphatic rings. The number of aromatic nitrogens is 4. The number of anilines is 3. The van der Waals surface area contributed by atoms with Gasteiger partial charge in [-0.05, 0) is 114 Å². The highest BCUT2D eigenvalue weighted by Crippen LogP contribution is 2.43. The predicted octanol–water partition coefficient (Wildman–Crippen LogP) is 12.3. The third kappa shape index (κ3) is 5.34. The average molecular weight is 680 g/mol. The minimum atomic E-state index is 0.952. The van der Waals surface area contributed by atoms with Crippen LogP contribution in [0, 0.1) is 0 Å². The Morgan fingerprint density at radius 1 is 0.434 bits per heavy atom. The van der Waals surface area contributed by atoms with E-state index in [0.29, 0.717) is 0 Å². The number of pyridine rings is 2. The van der Waals surface area contributed by atoms with E-state index in [1.165, 1.54) is 27.2 Å². The fourth-order valence-electron chi connectivity index (χ4n) is 7.63. The number of hydrogen-bond acceptors (Lipinski definition) is 3. The maximum Gasteiger partial charge on any atom is 0.0701 e. The van der Waals surface area contributed by atoms with Crippen LogP contribution >= 0.6 is 0 Å². The Balaban J connectivity index is 1.19. The Labute approximate surface area is 307 Å². The van der Waals surface area contributed by atoms with Gasteiger partial charge in [-0.25, -0.2) is 0 Å². The Hall–Kier alpha value is -7.24. The van der Waals surface area contributed by atoms with Crippen LogP contribution in [-0.4, -0.2) is 19.1 Å². The molecule has 0 N–H and O–H groups in total. The van der Waals surface area contributed by atoms with E-state index in [0.717, 1.165) is 56.3 Å². The molecule has 0 bridgehead atoms. The number of fused-ring (bicyclic) bond motifs is 5. The van der Waals surface area contributed by atoms with Crippen molar-refractivity contribution in [1.82, 2.24) is 19.1 Å². The van der Waals surface area contributed by atoms with Crippen molar-refractivity contribution in [3.8, 4) is 33.8 Å². The molecule has 0 aliphatic carbocycles. The first-order chi connectivity index (χ1) is 26.3. The standard InChI is InChI=1S/C48H33N5/c1-3-11-37(12-4-1)51-31-28-42-45(51)26-27-47-48(42)43-32-41(24-25-46(43)53(47)38-13-5-2-6-14-38)52(39-20-16-34(17-21-39)36-10-9-29-49-33-36)40-22-18-35(19-23-40)44-15-7-8-30-50-44/h1-33H. The molecule has 0 amide bonds. The molecular formula is C48H33N5. The van der Waals surface area contributed by atoms with Gasteiger partial charge in [0.15, 0.2) is 0 Å². The maximum absolute atomic E-state index is 4.59. The zero-order chi connectivity index (χ0) is 35.1. The van der Waals surface area contributed by atoms with Crippen LogP contribution in [0.25, 0.3) is 66.5 Å². The second-order valence-electron chi connectivity index (χ2n) is 13.2. The highest BCUT2D eigenvalue weighted by molar-refractivity contribution is 6.22. The first-order valence-electron chi connectivity index (χ1n) is 17.8. The summed E-state index contributed by atoms with van der Waals surface area (Å²) in [5.41, 5.74) is 13.2. The van der Waals surface area contributed by atoms with Gasteiger partial charge >= 0.3 is 0 Å². The lowest BCUT2D eigenvalue weighted by molar-refractivity contribution is 1.13. The molecule has 4 heterocycles. The van der Waals surface area contributed by atoms with Gasteiger partial charge in [0, 0.05) is 74.9 Å². The monoisotopic (exact) mass is 679 g/mol. The van der Waals surface area contributed by atoms with Crippen LogP contribution in [0.5, 0.6) is 0 Å². The van der Waals surface area contributed by atoms with Gasteiger partial charge in [-0.1, -0.05) is 72.8 Å². The van der Waals surface area contributed by atoms with E-state index in [9.17, 15) is 0 Å². The smallest absolute Gasteiger partial charge is 0.0701 e. The summed E-state index contributed by atoms with van der Waals surface area (Å²) in [6.07, 6.45) is 7.74. The Morgan fingerprint density at radius 3 is 1.79 bits per heavy atom. The lowest BCUT2D eigenvalue weighted by atomic mass is 10.0. The predicted molar refractivity (Wildman–Crippen MR) is 219 cm³/mol. The molecular weight excluding hydrogens is 647 g/mol. The molecule has 0 unspecified atom stereocenters. The van der Waals surface area contributed by atoms with E-state index in [1.54, 1.807) is 0 Å². The molecule has 10 aromatic rings. The lowest BCUT2D eigenvalue weighted by Crippen LogP contribution is -2.10. The van der Waals surface area contributed by atoms with Crippen molar-refractivity contribution >= 4 is 49.8 Å². The van der Waals surface area contributed by atoms with Crippen LogP contribution in [0.2, 0.25) is 0 Å². The van der Waals surface area contributed by atoms with Crippen molar-refractivity contribution in [2.24, 2.45) is 0 Å². The van der Waals surface area contributed by atoms with E-state index < -0.39 is 0 Å². The number of hydrogen-bond donors (Lipinski definition) is 0. The van der Waals surface area contributed by atoms with Gasteiger partial charge < -0.3 is 14.0 Å². The SMILES string of the molecule is c1ccc(-n2ccc3c4c5cc(N(c6ccc(-c7cccnc7)cc6)c6ccc(-c7ccccn7)cc6)ccc5n(-c5ccccc5)c4ccc32)cc1. The van der Waals surface area contributed by atoms with E-state index in [4.69, 9.17) is 0 Å². The van der Waals surface area contributed by atoms with Crippen LogP contribution in [0.4, 0.5) is 17.1 Å². The fraction of sp³-hybridized carbons (Fsp3) is 0. The molecule has 53 heavy (non-hydrogen) atoms. The summed E-state index contributed by atoms with van der Waals surface area (Å²) < 4.78 is 4.67. The molecule has 10 rings (SSSR count). The Bertz CT molecular complexity index is 2760. The molecule has 6 aromatic carbocycles. The van der Waals surface area contributed by atoms with E-state index >= 15 is 0 Å². The van der Waals surface area contributed by atoms with E-state index in [-0.39, 0.29) is 0 Å². The third-order valence-corrected chi connectivity index (χ3v) is 10.1. The summed E-state index contributed by atoms with van der Waals surface area (Å²) in [5, 5.41) is 3.64. The highest BCUT2D eigenvalue weighted by Gasteiger charge is 2.20. The molecule has 0 saturated carbocycles. The minimum Gasteiger partial charge on any atom is -0.317 e. The number of benzene rings is 6. The van der Waals surface area contributed by atoms with Gasteiger partial charge in [0.25, 0.3) is 0 Å². The summed E-state index contributed by atoms with van der Waals surface area (Å²) >= 11 is 0. The normalized spacial score (nSPS) is 11.4. The molecule has 0 atom stereocenters. The number of para-hydroxylation sites is 2. The quantitative estimate of drug-likeness (QED) is 0.168. The maximum atomic E-state index is 4.59. The molecule has 0 fully saturated rings. The Kier molecular flexibility index (Phi) is 7.40. The second kappa shape index (κ2) is 12.8. The first kappa shape index (κ1) is 30.6. The highest BCUT2D eigenvalue weighted by atomic mass is 15.1. The van der Waals surface area contributed by atoms with E-state index in [1.807, 2.05) is 42.9 Å². The van der Waals surface area contributed by atoms with Crippen molar-refractivity contribution in [2.45, 2.75) is 0 Å². The van der Waals surface area contributed by atoms with Crippen LogP contribution in [-0.2, 0) is 0 Å². The van der Waals surface area contributed by atoms with Gasteiger partial charge in [-0.15, -0.1) is 0 Å². The van der Waals surface area contributed by atoms with Crippen LogP contribution in [0.3, 0.4) is 0 Å². The van der Waals surface area contributed by atoms with Crippen LogP contribution in [0.1, 0.15) is 0 Å². The fourth-order valence-corrected chi connectivity index (χ4v) is 7.63. The molecule has 5 nitrogen and oxygen atoms in total. The Morgan fingerprint density at radius 2 is 1.09 bits per heavy atom. The molecule has 0 saturated heterocycles. The van der Waals surface area contributed by atoms with Gasteiger partial charge in [0.05, 0.1) is 22.2 Å². The topological polar surface area (TPSA) is 38.9 Å². The van der Waals surface area contributed by atoms with Crippen LogP contribution < -0.4 is 4.90 Å². The molecule has 5 heteroatoms. The van der Waals surface area contributed by atoms with Crippen molar-refractivity contribution in [3.63, 3.8) is 0 Å². The van der Waals surface area contributed by atoms with Crippen LogP contribution in [0.15, 0.2) is 201 Å². The van der Waals surface area contributed by atoms with Gasteiger partial charge in [0.1, 0.15) is 0 Å². The van der Waals surface area contributed by atoms with Gasteiger partial charge in [-0.3, -0.25) is 9.97 Å². The van der Waals surface area contributed by atoms with Gasteiger partial charge in [-0.2, -0.15) is 0 Å². The summed E-state index contributed by atoms with van der Waals surface area (Å²) in [7, 11) is 0. The zero-order valence-electron chi connectivity index (χ0n) is 28.8. The summed E-state index contributed by atoms with van der Waals surface area (Å²) in [6.45, 7) is 0. The first-order valence-corrected chi connectivity index (χ1v) is 17.8. The second-order valence-corrected chi connectivity index (χ2v) is 13.2. The summed E-state index contributed by atoms with van der Waals surface area (Å²) in [4.78, 5) is 11.3. The average Bonchev–Trinajstić information content (AvgIpc) is 3.82. The summed E-state index contributed by atoms with van der Waals surface area (Å²) in [6, 6.07) is 62.4. The molecule has 250 valence electrons. The minimum absolute atomic E-state index is 0.952. The molecule has 0 aliphatic heterocycles. The molecule has 0 radical (unpaired) electrons. The third-order valence-electron chi connectivity index (χ3n) is 10.1. The van der Waals surface area contributed by atoms with Crippen molar-refractivity contribution in [3.05, 3.63) is 201 Å². The van der Waals surface area contributed by atoms with Crippen molar-refractivity contribution in [2.75, 3.05) is 4.90 Å². The number of rotatable bonds is 7. The molecule has 0 spiro atoms. The largest absolute Gasteiger partial charge is 0.317 e.